The summed E-state index contributed by atoms with van der Waals surface area (Å²) < 4.78 is 7.46. The highest BCUT2D eigenvalue weighted by molar-refractivity contribution is 7.19. The predicted octanol–water partition coefficient (Wildman–Crippen LogP) is 5.17. The molecular formula is C21H24O3S. The second-order valence-corrected chi connectivity index (χ2v) is 9.82. The Morgan fingerprint density at radius 1 is 1.00 bits per heavy atom. The summed E-state index contributed by atoms with van der Waals surface area (Å²) in [5.41, 5.74) is 1.02. The Morgan fingerprint density at radius 3 is 2.32 bits per heavy atom. The molecule has 4 aliphatic carbocycles. The van der Waals surface area contributed by atoms with Gasteiger partial charge in [0.2, 0.25) is 0 Å². The zero-order valence-corrected chi connectivity index (χ0v) is 15.6. The lowest BCUT2D eigenvalue weighted by atomic mass is 9.47. The van der Waals surface area contributed by atoms with Gasteiger partial charge in [0.1, 0.15) is 0 Å². The quantitative estimate of drug-likeness (QED) is 0.695. The van der Waals surface area contributed by atoms with E-state index in [1.165, 1.54) is 52.6 Å². The van der Waals surface area contributed by atoms with Gasteiger partial charge in [0.15, 0.2) is 5.60 Å². The fourth-order valence-electron chi connectivity index (χ4n) is 6.62. The van der Waals surface area contributed by atoms with Crippen LogP contribution < -0.4 is 0 Å². The lowest BCUT2D eigenvalue weighted by Crippen LogP contribution is -2.76. The number of fused-ring (bicyclic) bond motifs is 1. The van der Waals surface area contributed by atoms with E-state index in [2.05, 4.69) is 31.2 Å². The monoisotopic (exact) mass is 356 g/mol. The Kier molecular flexibility index (Phi) is 2.94. The first kappa shape index (κ1) is 15.2. The number of rotatable bonds is 2. The van der Waals surface area contributed by atoms with Crippen molar-refractivity contribution in [1.29, 1.82) is 0 Å². The van der Waals surface area contributed by atoms with Crippen molar-refractivity contribution in [3.05, 3.63) is 34.7 Å². The van der Waals surface area contributed by atoms with Crippen LogP contribution in [-0.2, 0) is 20.3 Å². The van der Waals surface area contributed by atoms with E-state index in [4.69, 9.17) is 14.5 Å². The fourth-order valence-corrected chi connectivity index (χ4v) is 7.83. The van der Waals surface area contributed by atoms with Crippen LogP contribution in [0.5, 0.6) is 0 Å². The average Bonchev–Trinajstić information content (AvgIpc) is 2.97. The van der Waals surface area contributed by atoms with Crippen molar-refractivity contribution in [2.75, 3.05) is 7.11 Å². The van der Waals surface area contributed by atoms with Crippen molar-refractivity contribution < 1.29 is 14.5 Å². The van der Waals surface area contributed by atoms with E-state index in [-0.39, 0.29) is 5.60 Å². The second kappa shape index (κ2) is 4.86. The van der Waals surface area contributed by atoms with Crippen LogP contribution in [0.1, 0.15) is 42.5 Å². The van der Waals surface area contributed by atoms with Crippen molar-refractivity contribution in [3.63, 3.8) is 0 Å². The van der Waals surface area contributed by atoms with Crippen LogP contribution in [0.25, 0.3) is 10.1 Å². The average molecular weight is 356 g/mol. The van der Waals surface area contributed by atoms with Crippen LogP contribution >= 0.6 is 11.3 Å². The Hall–Kier alpha value is -0.940. The van der Waals surface area contributed by atoms with Gasteiger partial charge in [-0.2, -0.15) is 4.89 Å². The van der Waals surface area contributed by atoms with Crippen LogP contribution in [0, 0.1) is 30.6 Å². The summed E-state index contributed by atoms with van der Waals surface area (Å²) in [6.07, 6.45) is 6.57. The van der Waals surface area contributed by atoms with Gasteiger partial charge in [-0.25, -0.2) is 4.89 Å². The summed E-state index contributed by atoms with van der Waals surface area (Å²) in [4.78, 5) is 13.1. The van der Waals surface area contributed by atoms with Crippen LogP contribution in [0.2, 0.25) is 0 Å². The highest BCUT2D eigenvalue weighted by atomic mass is 32.1. The maximum absolute atomic E-state index is 6.16. The Morgan fingerprint density at radius 2 is 1.72 bits per heavy atom. The highest BCUT2D eigenvalue weighted by Gasteiger charge is 2.77. The third kappa shape index (κ3) is 1.72. The molecule has 0 radical (unpaired) electrons. The molecule has 1 aromatic heterocycles. The van der Waals surface area contributed by atoms with E-state index in [0.29, 0.717) is 11.8 Å². The minimum atomic E-state index is -0.715. The summed E-state index contributed by atoms with van der Waals surface area (Å²) in [5.74, 6) is 2.23. The maximum Gasteiger partial charge on any atom is 0.269 e. The van der Waals surface area contributed by atoms with Crippen molar-refractivity contribution >= 4 is 21.4 Å². The molecule has 4 bridgehead atoms. The van der Waals surface area contributed by atoms with Gasteiger partial charge in [-0.15, -0.1) is 11.3 Å². The number of benzene rings is 1. The topological polar surface area (TPSA) is 27.7 Å². The molecular weight excluding hydrogens is 332 g/mol. The molecule has 1 aromatic carbocycles. The van der Waals surface area contributed by atoms with Crippen LogP contribution in [0.3, 0.4) is 0 Å². The van der Waals surface area contributed by atoms with Crippen LogP contribution in [0.4, 0.5) is 0 Å². The highest BCUT2D eigenvalue weighted by Crippen LogP contribution is 2.69. The van der Waals surface area contributed by atoms with E-state index in [9.17, 15) is 0 Å². The van der Waals surface area contributed by atoms with Gasteiger partial charge in [0.05, 0.1) is 4.88 Å². The van der Waals surface area contributed by atoms with E-state index in [1.807, 2.05) is 0 Å². The van der Waals surface area contributed by atoms with E-state index < -0.39 is 5.79 Å². The summed E-state index contributed by atoms with van der Waals surface area (Å²) in [7, 11) is 1.80. The predicted molar refractivity (Wildman–Crippen MR) is 97.2 cm³/mol. The Bertz CT molecular complexity index is 824. The van der Waals surface area contributed by atoms with Gasteiger partial charge in [-0.1, -0.05) is 17.7 Å². The molecule has 0 N–H and O–H groups in total. The van der Waals surface area contributed by atoms with Gasteiger partial charge in [0.25, 0.3) is 5.79 Å². The van der Waals surface area contributed by atoms with Crippen molar-refractivity contribution in [1.82, 2.24) is 0 Å². The SMILES string of the molecule is COC1(c2cc3cc(C)ccc3s2)OOC12C1CC3CC(C1)CC2C3. The maximum atomic E-state index is 6.16. The number of hydrogen-bond acceptors (Lipinski definition) is 4. The molecule has 1 unspecified atom stereocenters. The number of hydrogen-bond donors (Lipinski definition) is 0. The third-order valence-corrected chi connectivity index (χ3v) is 8.64. The summed E-state index contributed by atoms with van der Waals surface area (Å²) in [6.45, 7) is 2.14. The molecule has 1 saturated heterocycles. The number of ether oxygens (including phenoxy) is 1. The van der Waals surface area contributed by atoms with Crippen molar-refractivity contribution in [3.8, 4) is 0 Å². The standard InChI is InChI=1S/C21H24O3S/c1-12-3-4-18-15(5-12)11-19(25-18)21(22-2)20(23-24-21)16-7-13-6-14(9-16)10-17(20)8-13/h3-5,11,13-14,16-17H,6-10H2,1-2H3. The zero-order chi connectivity index (χ0) is 16.8. The molecule has 4 saturated carbocycles. The molecule has 132 valence electrons. The number of methoxy groups -OCH3 is 1. The second-order valence-electron chi connectivity index (χ2n) is 8.74. The molecule has 1 aliphatic heterocycles. The van der Waals surface area contributed by atoms with Gasteiger partial charge in [-0.05, 0) is 80.2 Å². The molecule has 3 nitrogen and oxygen atoms in total. The van der Waals surface area contributed by atoms with Crippen LogP contribution in [0.15, 0.2) is 24.3 Å². The van der Waals surface area contributed by atoms with E-state index in [0.717, 1.165) is 11.8 Å². The van der Waals surface area contributed by atoms with Gasteiger partial charge >= 0.3 is 0 Å². The molecule has 0 amide bonds. The molecule has 5 aliphatic rings. The minimum Gasteiger partial charge on any atom is -0.344 e. The molecule has 5 fully saturated rings. The first-order valence-corrected chi connectivity index (χ1v) is 10.4. The summed E-state index contributed by atoms with van der Waals surface area (Å²) >= 11 is 1.80. The van der Waals surface area contributed by atoms with Gasteiger partial charge in [-0.3, -0.25) is 0 Å². The van der Waals surface area contributed by atoms with Crippen molar-refractivity contribution in [2.45, 2.75) is 50.4 Å². The van der Waals surface area contributed by atoms with Gasteiger partial charge in [0, 0.05) is 11.8 Å². The van der Waals surface area contributed by atoms with E-state index >= 15 is 0 Å². The number of aryl methyl sites for hydroxylation is 1. The summed E-state index contributed by atoms with van der Waals surface area (Å²) in [5, 5.41) is 1.28. The Labute approximate surface area is 152 Å². The third-order valence-electron chi connectivity index (χ3n) is 7.45. The Balaban J connectivity index is 1.50. The smallest absolute Gasteiger partial charge is 0.269 e. The van der Waals surface area contributed by atoms with Gasteiger partial charge < -0.3 is 4.74 Å². The van der Waals surface area contributed by atoms with Crippen molar-refractivity contribution in [2.24, 2.45) is 23.7 Å². The normalized spacial score (nSPS) is 44.6. The molecule has 1 spiro atoms. The first-order valence-electron chi connectivity index (χ1n) is 9.57. The zero-order valence-electron chi connectivity index (χ0n) is 14.8. The fraction of sp³-hybridized carbons (Fsp3) is 0.619. The minimum absolute atomic E-state index is 0.273. The van der Waals surface area contributed by atoms with Crippen LogP contribution in [-0.4, -0.2) is 12.7 Å². The molecule has 7 rings (SSSR count). The van der Waals surface area contributed by atoms with E-state index in [1.54, 1.807) is 18.4 Å². The number of thiophene rings is 1. The lowest BCUT2D eigenvalue weighted by molar-refractivity contribution is -0.644. The molecule has 25 heavy (non-hydrogen) atoms. The molecule has 2 aromatic rings. The lowest BCUT2D eigenvalue weighted by Gasteiger charge is -2.68. The summed E-state index contributed by atoms with van der Waals surface area (Å²) in [6, 6.07) is 8.91. The molecule has 4 heteroatoms. The molecule has 2 heterocycles. The molecule has 1 atom stereocenters. The largest absolute Gasteiger partial charge is 0.344 e. The first-order chi connectivity index (χ1) is 12.1.